The van der Waals surface area contributed by atoms with E-state index in [1.165, 1.54) is 11.0 Å². The number of aryl methyl sites for hydroxylation is 1. The second-order valence-electron chi connectivity index (χ2n) is 5.81. The van der Waals surface area contributed by atoms with Gasteiger partial charge in [-0.2, -0.15) is 9.78 Å². The zero-order valence-electron chi connectivity index (χ0n) is 13.9. The molecule has 4 rings (SSSR count). The van der Waals surface area contributed by atoms with E-state index in [0.29, 0.717) is 11.0 Å². The summed E-state index contributed by atoms with van der Waals surface area (Å²) in [4.78, 5) is 20.2. The summed E-state index contributed by atoms with van der Waals surface area (Å²) < 4.78 is 6.35. The van der Waals surface area contributed by atoms with E-state index in [1.54, 1.807) is 13.3 Å². The van der Waals surface area contributed by atoms with E-state index in [2.05, 4.69) is 15.1 Å². The first-order valence-corrected chi connectivity index (χ1v) is 7.84. The van der Waals surface area contributed by atoms with E-state index >= 15 is 0 Å². The van der Waals surface area contributed by atoms with Crippen LogP contribution in [-0.2, 0) is 0 Å². The second kappa shape index (κ2) is 5.90. The van der Waals surface area contributed by atoms with Crippen molar-refractivity contribution < 1.29 is 4.74 Å². The van der Waals surface area contributed by atoms with Crippen LogP contribution in [0.15, 0.2) is 58.7 Å². The molecular weight excluding hydrogens is 316 g/mol. The molecule has 1 N–H and O–H groups in total. The number of benzene rings is 2. The van der Waals surface area contributed by atoms with Crippen LogP contribution < -0.4 is 10.3 Å². The number of fused-ring (bicyclic) bond motifs is 3. The maximum absolute atomic E-state index is 12.7. The highest BCUT2D eigenvalue weighted by Gasteiger charge is 2.10. The van der Waals surface area contributed by atoms with Crippen molar-refractivity contribution in [3.8, 4) is 5.75 Å². The first-order valence-electron chi connectivity index (χ1n) is 7.84. The Morgan fingerprint density at radius 3 is 2.76 bits per heavy atom. The lowest BCUT2D eigenvalue weighted by molar-refractivity contribution is 0.415. The summed E-state index contributed by atoms with van der Waals surface area (Å²) in [6.45, 7) is 2.01. The van der Waals surface area contributed by atoms with Gasteiger partial charge < -0.3 is 9.72 Å². The Labute approximate surface area is 143 Å². The minimum atomic E-state index is -0.233. The van der Waals surface area contributed by atoms with E-state index in [1.807, 2.05) is 49.4 Å². The van der Waals surface area contributed by atoms with Crippen LogP contribution >= 0.6 is 0 Å². The van der Waals surface area contributed by atoms with E-state index in [9.17, 15) is 4.79 Å². The molecule has 2 heterocycles. The van der Waals surface area contributed by atoms with Gasteiger partial charge in [-0.15, -0.1) is 0 Å². The van der Waals surface area contributed by atoms with Crippen LogP contribution in [0.25, 0.3) is 21.9 Å². The van der Waals surface area contributed by atoms with Gasteiger partial charge in [0.25, 0.3) is 5.56 Å². The Morgan fingerprint density at radius 2 is 2.00 bits per heavy atom. The maximum atomic E-state index is 12.7. The molecule has 2 aromatic carbocycles. The third kappa shape index (κ3) is 2.67. The van der Waals surface area contributed by atoms with Crippen molar-refractivity contribution in [3.63, 3.8) is 0 Å². The van der Waals surface area contributed by atoms with Crippen LogP contribution in [-0.4, -0.2) is 28.0 Å². The summed E-state index contributed by atoms with van der Waals surface area (Å²) in [5.41, 5.74) is 3.76. The number of nitrogens with one attached hydrogen (secondary N) is 1. The van der Waals surface area contributed by atoms with Crippen molar-refractivity contribution in [3.05, 3.63) is 70.3 Å². The molecule has 0 atom stereocenters. The molecule has 0 saturated carbocycles. The average molecular weight is 332 g/mol. The summed E-state index contributed by atoms with van der Waals surface area (Å²) in [7, 11) is 1.62. The van der Waals surface area contributed by atoms with Crippen molar-refractivity contribution >= 4 is 28.2 Å². The molecule has 0 amide bonds. The summed E-state index contributed by atoms with van der Waals surface area (Å²) in [5.74, 6) is 0.769. The number of aromatic amines is 1. The van der Waals surface area contributed by atoms with Gasteiger partial charge in [0, 0.05) is 10.9 Å². The molecule has 0 saturated heterocycles. The Morgan fingerprint density at radius 1 is 1.20 bits per heavy atom. The topological polar surface area (TPSA) is 72.3 Å². The molecule has 0 aliphatic rings. The van der Waals surface area contributed by atoms with Crippen molar-refractivity contribution in [1.82, 2.24) is 14.6 Å². The van der Waals surface area contributed by atoms with Gasteiger partial charge in [0.15, 0.2) is 0 Å². The highest BCUT2D eigenvalue weighted by Crippen LogP contribution is 2.22. The van der Waals surface area contributed by atoms with Crippen LogP contribution in [0.1, 0.15) is 11.1 Å². The molecule has 0 fully saturated rings. The molecule has 0 spiro atoms. The summed E-state index contributed by atoms with van der Waals surface area (Å²) in [5, 5.41) is 5.17. The molecule has 0 radical (unpaired) electrons. The standard InChI is InChI=1S/C19H16N4O2/c1-12-3-8-16-15(9-12)17-18(22-16)19(24)23(11-20-17)21-10-13-4-6-14(25-2)7-5-13/h3-11,22H,1-2H3. The molecule has 0 unspecified atom stereocenters. The van der Waals surface area contributed by atoms with Crippen molar-refractivity contribution in [2.24, 2.45) is 5.10 Å². The number of H-pyrrole nitrogens is 1. The first kappa shape index (κ1) is 15.1. The lowest BCUT2D eigenvalue weighted by Gasteiger charge is -2.00. The zero-order chi connectivity index (χ0) is 17.4. The largest absolute Gasteiger partial charge is 0.497 e. The summed E-state index contributed by atoms with van der Waals surface area (Å²) in [6.07, 6.45) is 3.06. The fourth-order valence-corrected chi connectivity index (χ4v) is 2.76. The van der Waals surface area contributed by atoms with Gasteiger partial charge in [-0.1, -0.05) is 11.6 Å². The van der Waals surface area contributed by atoms with Crippen LogP contribution in [0.5, 0.6) is 5.75 Å². The number of hydrogen-bond donors (Lipinski definition) is 1. The van der Waals surface area contributed by atoms with Gasteiger partial charge in [-0.05, 0) is 48.9 Å². The average Bonchev–Trinajstić information content (AvgIpc) is 3.00. The normalized spacial score (nSPS) is 11.6. The molecular formula is C19H16N4O2. The Bertz CT molecular complexity index is 1150. The Kier molecular flexibility index (Phi) is 3.57. The van der Waals surface area contributed by atoms with Gasteiger partial charge in [-0.3, -0.25) is 4.79 Å². The van der Waals surface area contributed by atoms with Gasteiger partial charge in [-0.25, -0.2) is 4.98 Å². The number of aromatic nitrogens is 3. The van der Waals surface area contributed by atoms with Gasteiger partial charge in [0.2, 0.25) is 0 Å². The van der Waals surface area contributed by atoms with Crippen LogP contribution in [0.4, 0.5) is 0 Å². The zero-order valence-corrected chi connectivity index (χ0v) is 13.9. The van der Waals surface area contributed by atoms with Crippen molar-refractivity contribution in [1.29, 1.82) is 0 Å². The lowest BCUT2D eigenvalue weighted by Crippen LogP contribution is -2.17. The predicted molar refractivity (Wildman–Crippen MR) is 98.6 cm³/mol. The van der Waals surface area contributed by atoms with E-state index in [0.717, 1.165) is 27.8 Å². The minimum Gasteiger partial charge on any atom is -0.497 e. The predicted octanol–water partition coefficient (Wildman–Crippen LogP) is 3.08. The maximum Gasteiger partial charge on any atom is 0.298 e. The Hall–Kier alpha value is -3.41. The van der Waals surface area contributed by atoms with E-state index in [4.69, 9.17) is 4.74 Å². The van der Waals surface area contributed by atoms with Crippen molar-refractivity contribution in [2.75, 3.05) is 7.11 Å². The van der Waals surface area contributed by atoms with Crippen LogP contribution in [0, 0.1) is 6.92 Å². The van der Waals surface area contributed by atoms with Gasteiger partial charge in [0.05, 0.1) is 13.3 Å². The number of nitrogens with zero attached hydrogens (tertiary/aromatic N) is 3. The smallest absolute Gasteiger partial charge is 0.298 e. The number of rotatable bonds is 3. The lowest BCUT2D eigenvalue weighted by atomic mass is 10.2. The molecule has 0 aliphatic heterocycles. The minimum absolute atomic E-state index is 0.233. The van der Waals surface area contributed by atoms with E-state index < -0.39 is 0 Å². The number of ether oxygens (including phenoxy) is 1. The molecule has 6 heteroatoms. The molecule has 2 aromatic heterocycles. The summed E-state index contributed by atoms with van der Waals surface area (Å²) in [6, 6.07) is 13.4. The molecule has 6 nitrogen and oxygen atoms in total. The third-order valence-electron chi connectivity index (χ3n) is 4.09. The first-order chi connectivity index (χ1) is 12.2. The van der Waals surface area contributed by atoms with Crippen LogP contribution in [0.3, 0.4) is 0 Å². The highest BCUT2D eigenvalue weighted by atomic mass is 16.5. The molecule has 0 aliphatic carbocycles. The highest BCUT2D eigenvalue weighted by molar-refractivity contribution is 6.04. The van der Waals surface area contributed by atoms with Crippen LogP contribution in [0.2, 0.25) is 0 Å². The molecule has 124 valence electrons. The second-order valence-corrected chi connectivity index (χ2v) is 5.81. The molecule has 0 bridgehead atoms. The third-order valence-corrected chi connectivity index (χ3v) is 4.09. The fourth-order valence-electron chi connectivity index (χ4n) is 2.76. The monoisotopic (exact) mass is 332 g/mol. The van der Waals surface area contributed by atoms with Crippen molar-refractivity contribution in [2.45, 2.75) is 6.92 Å². The number of hydrogen-bond acceptors (Lipinski definition) is 4. The van der Waals surface area contributed by atoms with E-state index in [-0.39, 0.29) is 5.56 Å². The summed E-state index contributed by atoms with van der Waals surface area (Å²) >= 11 is 0. The molecule has 25 heavy (non-hydrogen) atoms. The van der Waals surface area contributed by atoms with Gasteiger partial charge >= 0.3 is 0 Å². The molecule has 4 aromatic rings. The SMILES string of the molecule is COc1ccc(C=Nn2cnc3c([nH]c4ccc(C)cc43)c2=O)cc1. The van der Waals surface area contributed by atoms with Gasteiger partial charge in [0.1, 0.15) is 23.1 Å². The number of methoxy groups -OCH3 is 1. The quantitative estimate of drug-likeness (QED) is 0.586. The Balaban J connectivity index is 1.77. The fraction of sp³-hybridized carbons (Fsp3) is 0.105.